The van der Waals surface area contributed by atoms with Gasteiger partial charge in [-0.2, -0.15) is 0 Å². The van der Waals surface area contributed by atoms with Gasteiger partial charge in [-0.05, 0) is 42.5 Å². The van der Waals surface area contributed by atoms with Gasteiger partial charge in [0, 0.05) is 24.7 Å². The maximum atomic E-state index is 11.3. The Hall–Kier alpha value is -2.13. The standard InChI is InChI=1S/C21H28N2O/c1-15(2)13-21(18-9-6-5-7-10-18)22-16(3)19-11-8-12-20(14-19)23-17(4)24/h5-12,14-16,21-22H,13H2,1-4H3,(H,23,24). The van der Waals surface area contributed by atoms with Crippen LogP contribution in [-0.4, -0.2) is 5.91 Å². The van der Waals surface area contributed by atoms with Crippen molar-refractivity contribution in [3.05, 3.63) is 65.7 Å². The number of hydrogen-bond donors (Lipinski definition) is 2. The van der Waals surface area contributed by atoms with E-state index in [0.29, 0.717) is 12.0 Å². The first-order valence-electron chi connectivity index (χ1n) is 8.64. The number of rotatable bonds is 7. The summed E-state index contributed by atoms with van der Waals surface area (Å²) in [6.45, 7) is 8.20. The molecular weight excluding hydrogens is 296 g/mol. The molecule has 3 nitrogen and oxygen atoms in total. The van der Waals surface area contributed by atoms with Gasteiger partial charge in [0.05, 0.1) is 0 Å². The highest BCUT2D eigenvalue weighted by molar-refractivity contribution is 5.88. The normalized spacial score (nSPS) is 13.5. The second-order valence-corrected chi connectivity index (χ2v) is 6.79. The van der Waals surface area contributed by atoms with E-state index in [4.69, 9.17) is 0 Å². The molecule has 0 radical (unpaired) electrons. The highest BCUT2D eigenvalue weighted by Crippen LogP contribution is 2.26. The van der Waals surface area contributed by atoms with Gasteiger partial charge in [0.1, 0.15) is 0 Å². The molecule has 24 heavy (non-hydrogen) atoms. The summed E-state index contributed by atoms with van der Waals surface area (Å²) in [6, 6.07) is 19.1. The highest BCUT2D eigenvalue weighted by atomic mass is 16.1. The van der Waals surface area contributed by atoms with Crippen molar-refractivity contribution in [2.24, 2.45) is 5.92 Å². The van der Waals surface area contributed by atoms with Crippen LogP contribution in [0.25, 0.3) is 0 Å². The second-order valence-electron chi connectivity index (χ2n) is 6.79. The van der Waals surface area contributed by atoms with Crippen LogP contribution in [-0.2, 0) is 4.79 Å². The molecule has 0 bridgehead atoms. The van der Waals surface area contributed by atoms with Crippen LogP contribution in [0.1, 0.15) is 57.3 Å². The Labute approximate surface area is 145 Å². The lowest BCUT2D eigenvalue weighted by Crippen LogP contribution is -2.26. The van der Waals surface area contributed by atoms with E-state index in [0.717, 1.165) is 12.1 Å². The third-order valence-electron chi connectivity index (χ3n) is 4.07. The van der Waals surface area contributed by atoms with E-state index in [1.807, 2.05) is 18.2 Å². The van der Waals surface area contributed by atoms with Crippen molar-refractivity contribution in [1.82, 2.24) is 5.32 Å². The Kier molecular flexibility index (Phi) is 6.56. The second kappa shape index (κ2) is 8.65. The van der Waals surface area contributed by atoms with E-state index in [1.165, 1.54) is 18.1 Å². The molecule has 2 rings (SSSR count). The van der Waals surface area contributed by atoms with E-state index in [9.17, 15) is 4.79 Å². The van der Waals surface area contributed by atoms with Crippen molar-refractivity contribution in [2.45, 2.75) is 46.2 Å². The van der Waals surface area contributed by atoms with Gasteiger partial charge < -0.3 is 10.6 Å². The molecule has 0 saturated carbocycles. The Balaban J connectivity index is 2.15. The Morgan fingerprint density at radius 3 is 2.25 bits per heavy atom. The fraction of sp³-hybridized carbons (Fsp3) is 0.381. The zero-order valence-corrected chi connectivity index (χ0v) is 15.0. The minimum atomic E-state index is -0.0465. The molecule has 2 N–H and O–H groups in total. The summed E-state index contributed by atoms with van der Waals surface area (Å²) in [7, 11) is 0. The van der Waals surface area contributed by atoms with Crippen molar-refractivity contribution < 1.29 is 4.79 Å². The van der Waals surface area contributed by atoms with Crippen molar-refractivity contribution >= 4 is 11.6 Å². The fourth-order valence-corrected chi connectivity index (χ4v) is 2.94. The largest absolute Gasteiger partial charge is 0.326 e. The van der Waals surface area contributed by atoms with Crippen LogP contribution in [0.4, 0.5) is 5.69 Å². The maximum Gasteiger partial charge on any atom is 0.221 e. The lowest BCUT2D eigenvalue weighted by molar-refractivity contribution is -0.114. The summed E-state index contributed by atoms with van der Waals surface area (Å²) in [5, 5.41) is 6.60. The zero-order chi connectivity index (χ0) is 17.5. The smallest absolute Gasteiger partial charge is 0.221 e. The van der Waals surface area contributed by atoms with E-state index >= 15 is 0 Å². The van der Waals surface area contributed by atoms with Crippen LogP contribution in [0.5, 0.6) is 0 Å². The maximum absolute atomic E-state index is 11.3. The molecule has 0 fully saturated rings. The monoisotopic (exact) mass is 324 g/mol. The Morgan fingerprint density at radius 2 is 1.62 bits per heavy atom. The molecule has 0 saturated heterocycles. The first-order valence-corrected chi connectivity index (χ1v) is 8.64. The van der Waals surface area contributed by atoms with Gasteiger partial charge in [-0.3, -0.25) is 4.79 Å². The first-order chi connectivity index (χ1) is 11.5. The van der Waals surface area contributed by atoms with Crippen LogP contribution in [0.15, 0.2) is 54.6 Å². The van der Waals surface area contributed by atoms with E-state index in [-0.39, 0.29) is 11.9 Å². The molecule has 3 heteroatoms. The number of carbonyl (C=O) groups excluding carboxylic acids is 1. The van der Waals surface area contributed by atoms with Gasteiger partial charge in [0.15, 0.2) is 0 Å². The number of benzene rings is 2. The molecule has 1 amide bonds. The van der Waals surface area contributed by atoms with E-state index in [2.05, 4.69) is 67.8 Å². The lowest BCUT2D eigenvalue weighted by atomic mass is 9.95. The van der Waals surface area contributed by atoms with Crippen molar-refractivity contribution in [3.8, 4) is 0 Å². The van der Waals surface area contributed by atoms with Gasteiger partial charge in [0.2, 0.25) is 5.91 Å². The molecule has 2 aromatic rings. The molecule has 2 aromatic carbocycles. The van der Waals surface area contributed by atoms with Gasteiger partial charge in [-0.25, -0.2) is 0 Å². The Bertz CT molecular complexity index is 652. The summed E-state index contributed by atoms with van der Waals surface area (Å²) >= 11 is 0. The SMILES string of the molecule is CC(=O)Nc1cccc(C(C)NC(CC(C)C)c2ccccc2)c1. The molecule has 0 spiro atoms. The van der Waals surface area contributed by atoms with Gasteiger partial charge in [-0.15, -0.1) is 0 Å². The third kappa shape index (κ3) is 5.50. The quantitative estimate of drug-likeness (QED) is 0.745. The number of nitrogens with one attached hydrogen (secondary N) is 2. The predicted octanol–water partition coefficient (Wildman–Crippen LogP) is 5.08. The number of hydrogen-bond acceptors (Lipinski definition) is 2. The molecular formula is C21H28N2O. The van der Waals surface area contributed by atoms with Crippen molar-refractivity contribution in [2.75, 3.05) is 5.32 Å². The van der Waals surface area contributed by atoms with Crippen LogP contribution < -0.4 is 10.6 Å². The fourth-order valence-electron chi connectivity index (χ4n) is 2.94. The third-order valence-corrected chi connectivity index (χ3v) is 4.07. The topological polar surface area (TPSA) is 41.1 Å². The number of amides is 1. The minimum absolute atomic E-state index is 0.0465. The number of carbonyl (C=O) groups is 1. The Morgan fingerprint density at radius 1 is 0.958 bits per heavy atom. The van der Waals surface area contributed by atoms with Crippen LogP contribution >= 0.6 is 0 Å². The van der Waals surface area contributed by atoms with Crippen LogP contribution in [0, 0.1) is 5.92 Å². The molecule has 0 aliphatic carbocycles. The summed E-state index contributed by atoms with van der Waals surface area (Å²) in [4.78, 5) is 11.3. The minimum Gasteiger partial charge on any atom is -0.326 e. The average molecular weight is 324 g/mol. The van der Waals surface area contributed by atoms with Crippen LogP contribution in [0.3, 0.4) is 0 Å². The molecule has 0 aromatic heterocycles. The molecule has 2 unspecified atom stereocenters. The van der Waals surface area contributed by atoms with Crippen LogP contribution in [0.2, 0.25) is 0 Å². The lowest BCUT2D eigenvalue weighted by Gasteiger charge is -2.26. The number of anilines is 1. The molecule has 2 atom stereocenters. The summed E-state index contributed by atoms with van der Waals surface area (Å²) in [6.07, 6.45) is 1.08. The van der Waals surface area contributed by atoms with Gasteiger partial charge in [-0.1, -0.05) is 56.3 Å². The highest BCUT2D eigenvalue weighted by Gasteiger charge is 2.17. The summed E-state index contributed by atoms with van der Waals surface area (Å²) < 4.78 is 0. The summed E-state index contributed by atoms with van der Waals surface area (Å²) in [5.74, 6) is 0.565. The van der Waals surface area contributed by atoms with E-state index < -0.39 is 0 Å². The zero-order valence-electron chi connectivity index (χ0n) is 15.0. The van der Waals surface area contributed by atoms with Crippen molar-refractivity contribution in [3.63, 3.8) is 0 Å². The average Bonchev–Trinajstić information content (AvgIpc) is 2.54. The van der Waals surface area contributed by atoms with Gasteiger partial charge >= 0.3 is 0 Å². The predicted molar refractivity (Wildman–Crippen MR) is 101 cm³/mol. The molecule has 0 heterocycles. The van der Waals surface area contributed by atoms with Crippen molar-refractivity contribution in [1.29, 1.82) is 0 Å². The summed E-state index contributed by atoms with van der Waals surface area (Å²) in [5.41, 5.74) is 3.33. The van der Waals surface area contributed by atoms with E-state index in [1.54, 1.807) is 0 Å². The molecule has 0 aliphatic rings. The van der Waals surface area contributed by atoms with Gasteiger partial charge in [0.25, 0.3) is 0 Å². The molecule has 0 aliphatic heterocycles. The molecule has 128 valence electrons. The first kappa shape index (κ1) is 18.2.